The largest absolute Gasteiger partial charge is 0.463 e. The highest BCUT2D eigenvalue weighted by molar-refractivity contribution is 6.04. The second-order valence-electron chi connectivity index (χ2n) is 5.43. The molecule has 2 aromatic carbocycles. The maximum atomic E-state index is 14.3. The molecule has 1 aliphatic rings. The van der Waals surface area contributed by atoms with Crippen LogP contribution in [0.25, 0.3) is 5.70 Å². The van der Waals surface area contributed by atoms with Gasteiger partial charge in [0.1, 0.15) is 5.82 Å². The predicted octanol–water partition coefficient (Wildman–Crippen LogP) is 3.15. The zero-order valence-electron chi connectivity index (χ0n) is 13.6. The van der Waals surface area contributed by atoms with Gasteiger partial charge < -0.3 is 15.4 Å². The Morgan fingerprint density at radius 1 is 1.12 bits per heavy atom. The van der Waals surface area contributed by atoms with Crippen LogP contribution < -0.4 is 10.6 Å². The fourth-order valence-electron chi connectivity index (χ4n) is 2.77. The topological polar surface area (TPSA) is 67.4 Å². The highest BCUT2D eigenvalue weighted by Gasteiger charge is 2.35. The molecule has 0 saturated heterocycles. The van der Waals surface area contributed by atoms with Gasteiger partial charge in [0.2, 0.25) is 0 Å². The van der Waals surface area contributed by atoms with E-state index in [1.165, 1.54) is 12.1 Å². The number of rotatable bonds is 4. The Morgan fingerprint density at radius 3 is 2.48 bits per heavy atom. The number of carbonyl (C=O) groups is 2. The van der Waals surface area contributed by atoms with E-state index in [2.05, 4.69) is 10.6 Å². The van der Waals surface area contributed by atoms with Crippen molar-refractivity contribution in [2.24, 2.45) is 0 Å². The normalized spacial score (nSPS) is 16.9. The van der Waals surface area contributed by atoms with Gasteiger partial charge in [0.05, 0.1) is 23.9 Å². The molecule has 2 aromatic rings. The summed E-state index contributed by atoms with van der Waals surface area (Å²) in [4.78, 5) is 24.7. The van der Waals surface area contributed by atoms with E-state index in [-0.39, 0.29) is 17.7 Å². The molecule has 1 heterocycles. The highest BCUT2D eigenvalue weighted by Crippen LogP contribution is 2.32. The monoisotopic (exact) mass is 340 g/mol. The maximum absolute atomic E-state index is 14.3. The number of ether oxygens (including phenoxy) is 1. The summed E-state index contributed by atoms with van der Waals surface area (Å²) in [6, 6.07) is 13.5. The zero-order valence-corrected chi connectivity index (χ0v) is 13.6. The first-order chi connectivity index (χ1) is 12.1. The molecule has 0 aliphatic carbocycles. The number of amides is 2. The first-order valence-corrected chi connectivity index (χ1v) is 7.90. The number of urea groups is 1. The summed E-state index contributed by atoms with van der Waals surface area (Å²) in [6.07, 6.45) is 0. The SMILES string of the molecule is CCOC(=O)C1=C(c2ccccc2)NC(=O)NC1c1ccccc1F. The van der Waals surface area contributed by atoms with E-state index in [0.717, 1.165) is 0 Å². The van der Waals surface area contributed by atoms with E-state index in [1.54, 1.807) is 43.3 Å². The summed E-state index contributed by atoms with van der Waals surface area (Å²) in [6.45, 7) is 1.86. The van der Waals surface area contributed by atoms with Crippen molar-refractivity contribution < 1.29 is 18.7 Å². The first kappa shape index (κ1) is 16.7. The van der Waals surface area contributed by atoms with Crippen molar-refractivity contribution in [1.82, 2.24) is 10.6 Å². The summed E-state index contributed by atoms with van der Waals surface area (Å²) in [5, 5.41) is 5.26. The van der Waals surface area contributed by atoms with E-state index < -0.39 is 23.9 Å². The summed E-state index contributed by atoms with van der Waals surface area (Å²) < 4.78 is 19.5. The Kier molecular flexibility index (Phi) is 4.79. The summed E-state index contributed by atoms with van der Waals surface area (Å²) in [5.74, 6) is -1.12. The molecule has 25 heavy (non-hydrogen) atoms. The quantitative estimate of drug-likeness (QED) is 0.840. The van der Waals surface area contributed by atoms with Crippen molar-refractivity contribution in [1.29, 1.82) is 0 Å². The van der Waals surface area contributed by atoms with Crippen LogP contribution in [0.2, 0.25) is 0 Å². The van der Waals surface area contributed by atoms with Gasteiger partial charge in [-0.05, 0) is 18.6 Å². The number of carbonyl (C=O) groups excluding carboxylic acids is 2. The average molecular weight is 340 g/mol. The molecular formula is C19H17FN2O3. The third-order valence-corrected chi connectivity index (χ3v) is 3.85. The minimum absolute atomic E-state index is 0.165. The van der Waals surface area contributed by atoms with Gasteiger partial charge in [-0.15, -0.1) is 0 Å². The summed E-state index contributed by atoms with van der Waals surface area (Å²) in [7, 11) is 0. The molecule has 1 atom stereocenters. The fraction of sp³-hybridized carbons (Fsp3) is 0.158. The number of nitrogens with one attached hydrogen (secondary N) is 2. The second-order valence-corrected chi connectivity index (χ2v) is 5.43. The molecule has 6 heteroatoms. The lowest BCUT2D eigenvalue weighted by Crippen LogP contribution is -2.45. The van der Waals surface area contributed by atoms with E-state index in [0.29, 0.717) is 11.3 Å². The van der Waals surface area contributed by atoms with Crippen molar-refractivity contribution >= 4 is 17.7 Å². The Labute approximate surface area is 144 Å². The van der Waals surface area contributed by atoms with Gasteiger partial charge in [-0.3, -0.25) is 0 Å². The van der Waals surface area contributed by atoms with Crippen molar-refractivity contribution in [3.8, 4) is 0 Å². The van der Waals surface area contributed by atoms with E-state index in [1.807, 2.05) is 6.07 Å². The summed E-state index contributed by atoms with van der Waals surface area (Å²) in [5.41, 5.74) is 1.32. The molecule has 0 radical (unpaired) electrons. The van der Waals surface area contributed by atoms with Gasteiger partial charge in [-0.1, -0.05) is 48.5 Å². The molecule has 0 saturated carbocycles. The highest BCUT2D eigenvalue weighted by atomic mass is 19.1. The molecule has 1 aliphatic heterocycles. The van der Waals surface area contributed by atoms with Gasteiger partial charge in [-0.25, -0.2) is 14.0 Å². The molecule has 2 N–H and O–H groups in total. The molecule has 0 fully saturated rings. The molecule has 3 rings (SSSR count). The predicted molar refractivity (Wildman–Crippen MR) is 90.8 cm³/mol. The smallest absolute Gasteiger partial charge is 0.338 e. The Morgan fingerprint density at radius 2 is 1.80 bits per heavy atom. The lowest BCUT2D eigenvalue weighted by molar-refractivity contribution is -0.138. The Hall–Kier alpha value is -3.15. The average Bonchev–Trinajstić information content (AvgIpc) is 2.62. The van der Waals surface area contributed by atoms with Crippen LogP contribution in [-0.4, -0.2) is 18.6 Å². The third kappa shape index (κ3) is 3.38. The standard InChI is InChI=1S/C19H17FN2O3/c1-2-25-18(23)15-16(12-8-4-3-5-9-12)21-19(24)22-17(15)13-10-6-7-11-14(13)20/h3-11,17H,2H2,1H3,(H2,21,22,24). The molecule has 2 amide bonds. The minimum Gasteiger partial charge on any atom is -0.463 e. The van der Waals surface area contributed by atoms with Gasteiger partial charge in [0.15, 0.2) is 0 Å². The van der Waals surface area contributed by atoms with Crippen LogP contribution in [-0.2, 0) is 9.53 Å². The number of esters is 1. The van der Waals surface area contributed by atoms with Crippen molar-refractivity contribution in [3.05, 3.63) is 77.1 Å². The molecule has 1 unspecified atom stereocenters. The number of hydrogen-bond acceptors (Lipinski definition) is 3. The minimum atomic E-state index is -0.941. The van der Waals surface area contributed by atoms with Crippen molar-refractivity contribution in [3.63, 3.8) is 0 Å². The van der Waals surface area contributed by atoms with Gasteiger partial charge in [0, 0.05) is 5.56 Å². The van der Waals surface area contributed by atoms with Crippen LogP contribution in [0.1, 0.15) is 24.1 Å². The van der Waals surface area contributed by atoms with E-state index in [9.17, 15) is 14.0 Å². The van der Waals surface area contributed by atoms with E-state index >= 15 is 0 Å². The molecular weight excluding hydrogens is 323 g/mol. The second kappa shape index (κ2) is 7.17. The first-order valence-electron chi connectivity index (χ1n) is 7.90. The molecule has 5 nitrogen and oxygen atoms in total. The number of benzene rings is 2. The van der Waals surface area contributed by atoms with Crippen LogP contribution in [0.3, 0.4) is 0 Å². The maximum Gasteiger partial charge on any atom is 0.338 e. The lowest BCUT2D eigenvalue weighted by Gasteiger charge is -2.29. The van der Waals surface area contributed by atoms with Gasteiger partial charge >= 0.3 is 12.0 Å². The van der Waals surface area contributed by atoms with Gasteiger partial charge in [0.25, 0.3) is 0 Å². The summed E-state index contributed by atoms with van der Waals surface area (Å²) >= 11 is 0. The van der Waals surface area contributed by atoms with Gasteiger partial charge in [-0.2, -0.15) is 0 Å². The van der Waals surface area contributed by atoms with Crippen LogP contribution in [0, 0.1) is 5.82 Å². The third-order valence-electron chi connectivity index (χ3n) is 3.85. The van der Waals surface area contributed by atoms with Crippen molar-refractivity contribution in [2.75, 3.05) is 6.61 Å². The van der Waals surface area contributed by atoms with Crippen LogP contribution >= 0.6 is 0 Å². The van der Waals surface area contributed by atoms with Crippen LogP contribution in [0.5, 0.6) is 0 Å². The fourth-order valence-corrected chi connectivity index (χ4v) is 2.77. The molecule has 0 aromatic heterocycles. The molecule has 0 bridgehead atoms. The van der Waals surface area contributed by atoms with Crippen molar-refractivity contribution in [2.45, 2.75) is 13.0 Å². The lowest BCUT2D eigenvalue weighted by atomic mass is 9.92. The Bertz CT molecular complexity index is 834. The van der Waals surface area contributed by atoms with Crippen LogP contribution in [0.4, 0.5) is 9.18 Å². The molecule has 128 valence electrons. The zero-order chi connectivity index (χ0) is 17.8. The van der Waals surface area contributed by atoms with E-state index in [4.69, 9.17) is 4.74 Å². The number of hydrogen-bond donors (Lipinski definition) is 2. The molecule has 0 spiro atoms. The number of halogens is 1. The Balaban J connectivity index is 2.20. The van der Waals surface area contributed by atoms with Crippen LogP contribution in [0.15, 0.2) is 60.2 Å².